The van der Waals surface area contributed by atoms with Crippen molar-refractivity contribution in [1.82, 2.24) is 4.98 Å². The van der Waals surface area contributed by atoms with Crippen LogP contribution in [0.5, 0.6) is 0 Å². The Bertz CT molecular complexity index is 562. The van der Waals surface area contributed by atoms with Crippen molar-refractivity contribution < 1.29 is 5.11 Å². The smallest absolute Gasteiger partial charge is 0.123 e. The summed E-state index contributed by atoms with van der Waals surface area (Å²) in [6.45, 7) is 2.16. The molecule has 0 radical (unpaired) electrons. The minimum absolute atomic E-state index is 0.358. The van der Waals surface area contributed by atoms with Gasteiger partial charge in [0.1, 0.15) is 5.01 Å². The number of aryl methyl sites for hydroxylation is 1. The Balaban J connectivity index is 1.89. The van der Waals surface area contributed by atoms with Gasteiger partial charge in [-0.05, 0) is 37.1 Å². The highest BCUT2D eigenvalue weighted by atomic mass is 32.2. The first-order valence-electron chi connectivity index (χ1n) is 6.69. The number of thiazole rings is 1. The van der Waals surface area contributed by atoms with Gasteiger partial charge >= 0.3 is 0 Å². The van der Waals surface area contributed by atoms with E-state index in [-0.39, 0.29) is 6.10 Å². The molecule has 0 amide bonds. The number of hydrogen-bond acceptors (Lipinski definition) is 4. The lowest BCUT2D eigenvalue weighted by atomic mass is 10.0. The highest BCUT2D eigenvalue weighted by molar-refractivity contribution is 7.99. The number of aromatic nitrogens is 1. The Morgan fingerprint density at radius 2 is 2.16 bits per heavy atom. The summed E-state index contributed by atoms with van der Waals surface area (Å²) in [6, 6.07) is 8.57. The highest BCUT2D eigenvalue weighted by Crippen LogP contribution is 2.37. The van der Waals surface area contributed by atoms with E-state index in [1.165, 1.54) is 9.77 Å². The topological polar surface area (TPSA) is 33.1 Å². The van der Waals surface area contributed by atoms with E-state index in [4.69, 9.17) is 0 Å². The number of benzene rings is 1. The molecule has 1 atom stereocenters. The van der Waals surface area contributed by atoms with E-state index in [0.717, 1.165) is 41.3 Å². The maximum Gasteiger partial charge on any atom is 0.123 e. The molecule has 0 aliphatic heterocycles. The largest absolute Gasteiger partial charge is 0.387 e. The van der Waals surface area contributed by atoms with Crippen LogP contribution >= 0.6 is 23.1 Å². The molecule has 2 aromatic rings. The van der Waals surface area contributed by atoms with Gasteiger partial charge in [0.2, 0.25) is 0 Å². The second-order valence-electron chi connectivity index (χ2n) is 4.69. The first-order chi connectivity index (χ1) is 9.28. The van der Waals surface area contributed by atoms with Crippen molar-refractivity contribution in [2.75, 3.05) is 5.75 Å². The molecule has 0 saturated heterocycles. The van der Waals surface area contributed by atoms with Gasteiger partial charge in [-0.2, -0.15) is 0 Å². The second-order valence-corrected chi connectivity index (χ2v) is 7.11. The van der Waals surface area contributed by atoms with Crippen LogP contribution in [0.1, 0.15) is 36.4 Å². The average molecular weight is 291 g/mol. The van der Waals surface area contributed by atoms with Gasteiger partial charge in [0, 0.05) is 15.3 Å². The predicted molar refractivity (Wildman–Crippen MR) is 81.8 cm³/mol. The van der Waals surface area contributed by atoms with Gasteiger partial charge < -0.3 is 5.11 Å². The summed E-state index contributed by atoms with van der Waals surface area (Å²) in [4.78, 5) is 7.20. The van der Waals surface area contributed by atoms with E-state index in [1.807, 2.05) is 11.8 Å². The Labute approximate surface area is 121 Å². The fourth-order valence-electron chi connectivity index (χ4n) is 2.38. The number of fused-ring (bicyclic) bond motifs is 1. The third-order valence-corrected chi connectivity index (χ3v) is 5.41. The molecular weight excluding hydrogens is 274 g/mol. The monoisotopic (exact) mass is 291 g/mol. The number of aliphatic hydroxyl groups is 1. The maximum atomic E-state index is 9.98. The average Bonchev–Trinajstić information content (AvgIpc) is 2.85. The van der Waals surface area contributed by atoms with Gasteiger partial charge in [-0.1, -0.05) is 19.1 Å². The Morgan fingerprint density at radius 3 is 2.84 bits per heavy atom. The number of hydrogen-bond donors (Lipinski definition) is 1. The summed E-state index contributed by atoms with van der Waals surface area (Å²) in [6.07, 6.45) is 2.63. The molecule has 1 aliphatic rings. The lowest BCUT2D eigenvalue weighted by Crippen LogP contribution is -2.07. The molecule has 19 heavy (non-hydrogen) atoms. The third kappa shape index (κ3) is 2.71. The van der Waals surface area contributed by atoms with E-state index in [0.29, 0.717) is 0 Å². The predicted octanol–water partition coefficient (Wildman–Crippen LogP) is 4.29. The molecule has 4 heteroatoms. The van der Waals surface area contributed by atoms with Gasteiger partial charge in [0.05, 0.1) is 11.8 Å². The summed E-state index contributed by atoms with van der Waals surface area (Å²) >= 11 is 3.58. The molecule has 1 heterocycles. The van der Waals surface area contributed by atoms with Crippen molar-refractivity contribution in [2.24, 2.45) is 0 Å². The molecule has 0 fully saturated rings. The fourth-order valence-corrected chi connectivity index (χ4v) is 4.21. The molecule has 1 N–H and O–H groups in total. The van der Waals surface area contributed by atoms with Crippen LogP contribution in [-0.4, -0.2) is 15.8 Å². The molecule has 2 nitrogen and oxygen atoms in total. The van der Waals surface area contributed by atoms with Crippen LogP contribution in [-0.2, 0) is 6.42 Å². The van der Waals surface area contributed by atoms with Crippen molar-refractivity contribution in [3.8, 4) is 10.6 Å². The quantitative estimate of drug-likeness (QED) is 0.856. The number of nitrogens with zero attached hydrogens (tertiary/aromatic N) is 1. The van der Waals surface area contributed by atoms with Crippen molar-refractivity contribution in [1.29, 1.82) is 0 Å². The minimum atomic E-state index is -0.358. The SMILES string of the molecule is CCSc1ccc(-c2nc3c(s2)CCCC3O)cc1. The zero-order chi connectivity index (χ0) is 13.2. The first kappa shape index (κ1) is 13.2. The van der Waals surface area contributed by atoms with Gasteiger partial charge in [0.25, 0.3) is 0 Å². The lowest BCUT2D eigenvalue weighted by molar-refractivity contribution is 0.153. The van der Waals surface area contributed by atoms with Gasteiger partial charge in [0.15, 0.2) is 0 Å². The molecule has 1 aromatic carbocycles. The number of rotatable bonds is 3. The summed E-state index contributed by atoms with van der Waals surface area (Å²) < 4.78 is 0. The van der Waals surface area contributed by atoms with Crippen molar-refractivity contribution in [3.05, 3.63) is 34.8 Å². The van der Waals surface area contributed by atoms with Crippen molar-refractivity contribution >= 4 is 23.1 Å². The van der Waals surface area contributed by atoms with Gasteiger partial charge in [-0.3, -0.25) is 0 Å². The molecule has 3 rings (SSSR count). The summed E-state index contributed by atoms with van der Waals surface area (Å²) in [5.74, 6) is 1.09. The second kappa shape index (κ2) is 5.65. The zero-order valence-electron chi connectivity index (χ0n) is 10.9. The Morgan fingerprint density at radius 1 is 1.37 bits per heavy atom. The molecular formula is C15H17NOS2. The van der Waals surface area contributed by atoms with E-state index < -0.39 is 0 Å². The highest BCUT2D eigenvalue weighted by Gasteiger charge is 2.23. The molecule has 100 valence electrons. The molecule has 1 aliphatic carbocycles. The van der Waals surface area contributed by atoms with Gasteiger partial charge in [-0.15, -0.1) is 23.1 Å². The number of aliphatic hydroxyl groups excluding tert-OH is 1. The molecule has 1 unspecified atom stereocenters. The molecule has 1 aromatic heterocycles. The Hall–Kier alpha value is -0.840. The van der Waals surface area contributed by atoms with Crippen LogP contribution in [0.2, 0.25) is 0 Å². The van der Waals surface area contributed by atoms with Crippen LogP contribution in [0.25, 0.3) is 10.6 Å². The zero-order valence-corrected chi connectivity index (χ0v) is 12.6. The van der Waals surface area contributed by atoms with E-state index in [1.54, 1.807) is 11.3 Å². The van der Waals surface area contributed by atoms with Crippen LogP contribution < -0.4 is 0 Å². The standard InChI is InChI=1S/C15H17NOS2/c1-2-18-11-8-6-10(7-9-11)15-16-14-12(17)4-3-5-13(14)19-15/h6-9,12,17H,2-5H2,1H3. The lowest BCUT2D eigenvalue weighted by Gasteiger charge is -2.14. The van der Waals surface area contributed by atoms with E-state index in [9.17, 15) is 5.11 Å². The molecule has 0 saturated carbocycles. The normalized spacial score (nSPS) is 18.3. The summed E-state index contributed by atoms with van der Waals surface area (Å²) in [5, 5.41) is 11.0. The Kier molecular flexibility index (Phi) is 3.91. The summed E-state index contributed by atoms with van der Waals surface area (Å²) in [7, 11) is 0. The minimum Gasteiger partial charge on any atom is -0.387 e. The maximum absolute atomic E-state index is 9.98. The summed E-state index contributed by atoms with van der Waals surface area (Å²) in [5.41, 5.74) is 2.07. The van der Waals surface area contributed by atoms with Gasteiger partial charge in [-0.25, -0.2) is 4.98 Å². The molecule has 0 spiro atoms. The molecule has 0 bridgehead atoms. The van der Waals surface area contributed by atoms with Crippen molar-refractivity contribution in [2.45, 2.75) is 37.2 Å². The fraction of sp³-hybridized carbons (Fsp3) is 0.400. The van der Waals surface area contributed by atoms with Crippen LogP contribution in [0.3, 0.4) is 0 Å². The van der Waals surface area contributed by atoms with Crippen LogP contribution in [0.4, 0.5) is 0 Å². The number of thioether (sulfide) groups is 1. The first-order valence-corrected chi connectivity index (χ1v) is 8.49. The van der Waals surface area contributed by atoms with Crippen LogP contribution in [0, 0.1) is 0 Å². The van der Waals surface area contributed by atoms with E-state index >= 15 is 0 Å². The van der Waals surface area contributed by atoms with Crippen LogP contribution in [0.15, 0.2) is 29.2 Å². The van der Waals surface area contributed by atoms with E-state index in [2.05, 4.69) is 36.2 Å². The van der Waals surface area contributed by atoms with Crippen molar-refractivity contribution in [3.63, 3.8) is 0 Å². The third-order valence-electron chi connectivity index (χ3n) is 3.34.